The molecule has 40 heavy (non-hydrogen) atoms. The Hall–Kier alpha value is -2.49. The molecule has 0 aliphatic rings. The summed E-state index contributed by atoms with van der Waals surface area (Å²) < 4.78 is 26.6. The molecule has 2 amide bonds. The van der Waals surface area contributed by atoms with Gasteiger partial charge in [0.2, 0.25) is 21.8 Å². The number of nitrogens with one attached hydrogen (secondary N) is 1. The molecule has 1 atom stereocenters. The lowest BCUT2D eigenvalue weighted by molar-refractivity contribution is -0.140. The van der Waals surface area contributed by atoms with Crippen LogP contribution in [0.3, 0.4) is 0 Å². The maximum absolute atomic E-state index is 14.0. The molecule has 7 nitrogen and oxygen atoms in total. The van der Waals surface area contributed by atoms with Gasteiger partial charge in [0, 0.05) is 24.5 Å². The molecule has 0 fully saturated rings. The van der Waals surface area contributed by atoms with Gasteiger partial charge in [-0.2, -0.15) is 0 Å². The normalized spacial score (nSPS) is 12.1. The Balaban J connectivity index is 2.09. The number of sulfonamides is 1. The van der Waals surface area contributed by atoms with Crippen LogP contribution in [0.25, 0.3) is 0 Å². The summed E-state index contributed by atoms with van der Waals surface area (Å²) in [5.74, 6) is -0.995. The number of nitrogens with zero attached hydrogens (tertiary/aromatic N) is 2. The van der Waals surface area contributed by atoms with E-state index in [1.54, 1.807) is 18.2 Å². The van der Waals surface area contributed by atoms with Crippen molar-refractivity contribution in [2.45, 2.75) is 32.4 Å². The summed E-state index contributed by atoms with van der Waals surface area (Å²) in [5, 5.41) is 3.84. The van der Waals surface area contributed by atoms with E-state index in [0.29, 0.717) is 23.6 Å². The van der Waals surface area contributed by atoms with Crippen LogP contribution < -0.4 is 9.62 Å². The Morgan fingerprint density at radius 2 is 1.55 bits per heavy atom. The molecule has 0 heterocycles. The molecule has 214 valence electrons. The molecule has 3 aromatic rings. The molecule has 0 radical (unpaired) electrons. The first-order valence-corrected chi connectivity index (χ1v) is 15.7. The zero-order valence-electron chi connectivity index (χ0n) is 21.9. The second-order valence-electron chi connectivity index (χ2n) is 9.13. The van der Waals surface area contributed by atoms with Gasteiger partial charge < -0.3 is 10.2 Å². The molecule has 0 bridgehead atoms. The monoisotopic (exact) mass is 643 g/mol. The second-order valence-corrected chi connectivity index (χ2v) is 12.7. The van der Waals surface area contributed by atoms with E-state index >= 15 is 0 Å². The van der Waals surface area contributed by atoms with Gasteiger partial charge in [-0.05, 0) is 47.9 Å². The van der Waals surface area contributed by atoms with Crippen molar-refractivity contribution in [2.75, 3.05) is 23.7 Å². The minimum Gasteiger partial charge on any atom is -0.354 e. The Kier molecular flexibility index (Phi) is 11.5. The molecular formula is C28H29Cl4N3O4S. The number of carbonyl (C=O) groups is 2. The van der Waals surface area contributed by atoms with Gasteiger partial charge in [-0.25, -0.2) is 8.42 Å². The van der Waals surface area contributed by atoms with E-state index < -0.39 is 28.5 Å². The van der Waals surface area contributed by atoms with Crippen molar-refractivity contribution >= 4 is 73.9 Å². The van der Waals surface area contributed by atoms with Crippen LogP contribution in [0.4, 0.5) is 5.69 Å². The number of halogens is 4. The third-order valence-corrected chi connectivity index (χ3v) is 8.43. The fraction of sp³-hybridized carbons (Fsp3) is 0.286. The number of hydrogen-bond acceptors (Lipinski definition) is 4. The highest BCUT2D eigenvalue weighted by molar-refractivity contribution is 7.92. The Labute approximate surface area is 255 Å². The summed E-state index contributed by atoms with van der Waals surface area (Å²) in [7, 11) is -3.99. The molecule has 0 saturated carbocycles. The first-order valence-electron chi connectivity index (χ1n) is 12.4. The number of anilines is 1. The Bertz CT molecular complexity index is 1460. The van der Waals surface area contributed by atoms with Crippen LogP contribution in [0.15, 0.2) is 66.7 Å². The zero-order chi connectivity index (χ0) is 29.4. The second kappa shape index (κ2) is 14.4. The van der Waals surface area contributed by atoms with Crippen LogP contribution in [0.1, 0.15) is 24.5 Å². The first kappa shape index (κ1) is 32.0. The van der Waals surface area contributed by atoms with Gasteiger partial charge in [-0.15, -0.1) is 0 Å². The first-order chi connectivity index (χ1) is 18.9. The predicted molar refractivity (Wildman–Crippen MR) is 163 cm³/mol. The van der Waals surface area contributed by atoms with Gasteiger partial charge >= 0.3 is 0 Å². The summed E-state index contributed by atoms with van der Waals surface area (Å²) in [5.41, 5.74) is 1.48. The summed E-state index contributed by atoms with van der Waals surface area (Å²) in [6.07, 6.45) is 1.86. The lowest BCUT2D eigenvalue weighted by atomic mass is 10.0. The Morgan fingerprint density at radius 3 is 2.17 bits per heavy atom. The fourth-order valence-electron chi connectivity index (χ4n) is 4.03. The topological polar surface area (TPSA) is 86.8 Å². The number of benzene rings is 3. The highest BCUT2D eigenvalue weighted by Gasteiger charge is 2.33. The largest absolute Gasteiger partial charge is 0.354 e. The van der Waals surface area contributed by atoms with Crippen LogP contribution in [0, 0.1) is 0 Å². The average molecular weight is 645 g/mol. The highest BCUT2D eigenvalue weighted by Crippen LogP contribution is 2.31. The van der Waals surface area contributed by atoms with E-state index in [9.17, 15) is 18.0 Å². The predicted octanol–water partition coefficient (Wildman–Crippen LogP) is 6.23. The van der Waals surface area contributed by atoms with Gasteiger partial charge in [-0.1, -0.05) is 89.7 Å². The summed E-state index contributed by atoms with van der Waals surface area (Å²) in [4.78, 5) is 28.9. The summed E-state index contributed by atoms with van der Waals surface area (Å²) in [6.45, 7) is 1.68. The van der Waals surface area contributed by atoms with Crippen LogP contribution in [0.5, 0.6) is 0 Å². The SMILES string of the molecule is CCCNC(=O)C(Cc1ccccc1)N(Cc1ccc(Cl)c(Cl)c1)C(=O)CN(c1cc(Cl)ccc1Cl)S(C)(=O)=O. The van der Waals surface area contributed by atoms with E-state index in [1.807, 2.05) is 37.3 Å². The van der Waals surface area contributed by atoms with E-state index in [0.717, 1.165) is 16.1 Å². The summed E-state index contributed by atoms with van der Waals surface area (Å²) >= 11 is 24.8. The maximum atomic E-state index is 14.0. The van der Waals surface area contributed by atoms with Crippen molar-refractivity contribution in [1.82, 2.24) is 10.2 Å². The number of amides is 2. The number of rotatable bonds is 12. The van der Waals surface area contributed by atoms with Crippen molar-refractivity contribution in [3.8, 4) is 0 Å². The zero-order valence-corrected chi connectivity index (χ0v) is 25.8. The molecule has 0 aliphatic carbocycles. The highest BCUT2D eigenvalue weighted by atomic mass is 35.5. The molecule has 1 unspecified atom stereocenters. The third kappa shape index (κ3) is 8.75. The number of hydrogen-bond donors (Lipinski definition) is 1. The molecule has 3 aromatic carbocycles. The van der Waals surface area contributed by atoms with E-state index in [4.69, 9.17) is 46.4 Å². The minimum absolute atomic E-state index is 0.0341. The maximum Gasteiger partial charge on any atom is 0.244 e. The van der Waals surface area contributed by atoms with Crippen molar-refractivity contribution in [3.05, 3.63) is 97.9 Å². The molecule has 0 aliphatic heterocycles. The van der Waals surface area contributed by atoms with Crippen molar-refractivity contribution in [1.29, 1.82) is 0 Å². The standard InChI is InChI=1S/C28H29Cl4N3O4S/c1-3-13-33-28(37)26(15-19-7-5-4-6-8-19)34(17-20-9-11-22(30)24(32)14-20)27(36)18-35(40(2,38)39)25-16-21(29)10-12-23(25)31/h4-12,14,16,26H,3,13,15,17-18H2,1-2H3,(H,33,37). The van der Waals surface area contributed by atoms with Crippen molar-refractivity contribution < 1.29 is 18.0 Å². The van der Waals surface area contributed by atoms with Gasteiger partial charge in [0.25, 0.3) is 0 Å². The molecule has 3 rings (SSSR count). The van der Waals surface area contributed by atoms with Gasteiger partial charge in [0.05, 0.1) is 27.0 Å². The molecule has 0 aromatic heterocycles. The van der Waals surface area contributed by atoms with E-state index in [1.165, 1.54) is 23.1 Å². The smallest absolute Gasteiger partial charge is 0.244 e. The van der Waals surface area contributed by atoms with E-state index in [2.05, 4.69) is 5.32 Å². The van der Waals surface area contributed by atoms with Gasteiger partial charge in [0.1, 0.15) is 12.6 Å². The number of carbonyl (C=O) groups excluding carboxylic acids is 2. The van der Waals surface area contributed by atoms with Gasteiger partial charge in [-0.3, -0.25) is 13.9 Å². The minimum atomic E-state index is -3.99. The molecule has 0 spiro atoms. The summed E-state index contributed by atoms with van der Waals surface area (Å²) in [6, 6.07) is 17.5. The van der Waals surface area contributed by atoms with Crippen LogP contribution >= 0.6 is 46.4 Å². The van der Waals surface area contributed by atoms with Crippen LogP contribution in [-0.4, -0.2) is 50.5 Å². The Morgan fingerprint density at radius 1 is 0.875 bits per heavy atom. The molecular weight excluding hydrogens is 616 g/mol. The van der Waals surface area contributed by atoms with E-state index in [-0.39, 0.29) is 39.6 Å². The molecule has 0 saturated heterocycles. The quantitative estimate of drug-likeness (QED) is 0.253. The molecule has 1 N–H and O–H groups in total. The van der Waals surface area contributed by atoms with Crippen molar-refractivity contribution in [2.24, 2.45) is 0 Å². The average Bonchev–Trinajstić information content (AvgIpc) is 2.91. The van der Waals surface area contributed by atoms with Crippen LogP contribution in [0.2, 0.25) is 20.1 Å². The fourth-order valence-corrected chi connectivity index (χ4v) is 5.64. The lowest BCUT2D eigenvalue weighted by Crippen LogP contribution is -2.53. The lowest BCUT2D eigenvalue weighted by Gasteiger charge is -2.33. The third-order valence-electron chi connectivity index (χ3n) is 6.01. The van der Waals surface area contributed by atoms with Gasteiger partial charge in [0.15, 0.2) is 0 Å². The molecule has 12 heteroatoms. The van der Waals surface area contributed by atoms with Crippen molar-refractivity contribution in [3.63, 3.8) is 0 Å². The van der Waals surface area contributed by atoms with Crippen LogP contribution in [-0.2, 0) is 32.6 Å².